The van der Waals surface area contributed by atoms with E-state index in [-0.39, 0.29) is 6.04 Å². The second-order valence-electron chi connectivity index (χ2n) is 3.33. The second kappa shape index (κ2) is 5.44. The molecule has 0 aromatic heterocycles. The van der Waals surface area contributed by atoms with Crippen molar-refractivity contribution in [3.63, 3.8) is 0 Å². The minimum absolute atomic E-state index is 0.214. The number of alkyl halides is 3. The molecule has 5 heteroatoms. The molecule has 0 amide bonds. The maximum Gasteiger partial charge on any atom is 0.401 e. The minimum Gasteiger partial charge on any atom is -0.327 e. The normalized spacial score (nSPS) is 15.0. The molecule has 0 fully saturated rings. The quantitative estimate of drug-likeness (QED) is 0.727. The lowest BCUT2D eigenvalue weighted by atomic mass is 10.3. The largest absolute Gasteiger partial charge is 0.401 e. The Kier molecular flexibility index (Phi) is 5.32. The van der Waals surface area contributed by atoms with E-state index in [4.69, 9.17) is 5.73 Å². The lowest BCUT2D eigenvalue weighted by molar-refractivity contribution is -0.146. The van der Waals surface area contributed by atoms with E-state index < -0.39 is 12.7 Å². The number of hydrogen-bond acceptors (Lipinski definition) is 2. The fourth-order valence-electron chi connectivity index (χ4n) is 1.21. The molecule has 0 saturated carbocycles. The summed E-state index contributed by atoms with van der Waals surface area (Å²) >= 11 is 0. The summed E-state index contributed by atoms with van der Waals surface area (Å²) in [4.78, 5) is 1.34. The maximum absolute atomic E-state index is 12.0. The van der Waals surface area contributed by atoms with E-state index in [1.54, 1.807) is 6.92 Å². The average molecular weight is 198 g/mol. The SMILES string of the molecule is CCCN(C[C@H](C)N)CC(F)(F)F. The molecule has 2 nitrogen and oxygen atoms in total. The van der Waals surface area contributed by atoms with Gasteiger partial charge in [0, 0.05) is 12.6 Å². The van der Waals surface area contributed by atoms with E-state index in [1.807, 2.05) is 6.92 Å². The smallest absolute Gasteiger partial charge is 0.327 e. The molecular weight excluding hydrogens is 181 g/mol. The van der Waals surface area contributed by atoms with Crippen LogP contribution in [0.3, 0.4) is 0 Å². The topological polar surface area (TPSA) is 29.3 Å². The van der Waals surface area contributed by atoms with Crippen molar-refractivity contribution < 1.29 is 13.2 Å². The number of halogens is 3. The third-order valence-electron chi connectivity index (χ3n) is 1.49. The van der Waals surface area contributed by atoms with Gasteiger partial charge >= 0.3 is 6.18 Å². The van der Waals surface area contributed by atoms with E-state index in [0.29, 0.717) is 19.5 Å². The third kappa shape index (κ3) is 8.05. The van der Waals surface area contributed by atoms with Gasteiger partial charge in [-0.25, -0.2) is 0 Å². The molecule has 0 aliphatic rings. The van der Waals surface area contributed by atoms with Crippen LogP contribution in [0.25, 0.3) is 0 Å². The van der Waals surface area contributed by atoms with Crippen LogP contribution >= 0.6 is 0 Å². The molecule has 0 radical (unpaired) electrons. The van der Waals surface area contributed by atoms with Gasteiger partial charge in [0.1, 0.15) is 0 Å². The Morgan fingerprint density at radius 2 is 1.92 bits per heavy atom. The summed E-state index contributed by atoms with van der Waals surface area (Å²) in [5.41, 5.74) is 5.43. The summed E-state index contributed by atoms with van der Waals surface area (Å²) in [6, 6.07) is -0.214. The van der Waals surface area contributed by atoms with Crippen molar-refractivity contribution in [1.82, 2.24) is 4.90 Å². The van der Waals surface area contributed by atoms with Crippen molar-refractivity contribution in [3.05, 3.63) is 0 Å². The van der Waals surface area contributed by atoms with Crippen LogP contribution in [-0.4, -0.2) is 36.8 Å². The average Bonchev–Trinajstić information content (AvgIpc) is 1.81. The highest BCUT2D eigenvalue weighted by molar-refractivity contribution is 4.67. The van der Waals surface area contributed by atoms with Crippen LogP contribution in [0.4, 0.5) is 13.2 Å². The van der Waals surface area contributed by atoms with Gasteiger partial charge in [-0.2, -0.15) is 13.2 Å². The molecule has 80 valence electrons. The molecule has 0 bridgehead atoms. The first-order chi connectivity index (χ1) is 5.85. The molecule has 0 aromatic carbocycles. The number of hydrogen-bond donors (Lipinski definition) is 1. The summed E-state index contributed by atoms with van der Waals surface area (Å²) in [6.07, 6.45) is -3.41. The highest BCUT2D eigenvalue weighted by atomic mass is 19.4. The molecule has 0 spiro atoms. The van der Waals surface area contributed by atoms with Crippen LogP contribution < -0.4 is 5.73 Å². The van der Waals surface area contributed by atoms with E-state index in [2.05, 4.69) is 0 Å². The van der Waals surface area contributed by atoms with Gasteiger partial charge in [-0.05, 0) is 19.9 Å². The zero-order valence-electron chi connectivity index (χ0n) is 8.06. The van der Waals surface area contributed by atoms with Crippen LogP contribution in [0.1, 0.15) is 20.3 Å². The summed E-state index contributed by atoms with van der Waals surface area (Å²) in [5, 5.41) is 0. The van der Waals surface area contributed by atoms with Crippen LogP contribution in [0.15, 0.2) is 0 Å². The lowest BCUT2D eigenvalue weighted by Gasteiger charge is -2.24. The summed E-state index contributed by atoms with van der Waals surface area (Å²) in [5.74, 6) is 0. The first kappa shape index (κ1) is 12.7. The molecular formula is C8H17F3N2. The van der Waals surface area contributed by atoms with Gasteiger partial charge in [-0.15, -0.1) is 0 Å². The first-order valence-corrected chi connectivity index (χ1v) is 4.40. The molecule has 1 atom stereocenters. The molecule has 0 aliphatic heterocycles. The van der Waals surface area contributed by atoms with Crippen molar-refractivity contribution in [1.29, 1.82) is 0 Å². The minimum atomic E-state index is -4.12. The predicted octanol–water partition coefficient (Wildman–Crippen LogP) is 1.61. The third-order valence-corrected chi connectivity index (χ3v) is 1.49. The second-order valence-corrected chi connectivity index (χ2v) is 3.33. The van der Waals surface area contributed by atoms with Crippen molar-refractivity contribution in [3.8, 4) is 0 Å². The molecule has 0 aromatic rings. The van der Waals surface area contributed by atoms with Gasteiger partial charge < -0.3 is 5.73 Å². The van der Waals surface area contributed by atoms with Gasteiger partial charge in [0.25, 0.3) is 0 Å². The Balaban J connectivity index is 3.94. The van der Waals surface area contributed by atoms with Crippen molar-refractivity contribution in [2.75, 3.05) is 19.6 Å². The zero-order chi connectivity index (χ0) is 10.5. The van der Waals surface area contributed by atoms with Gasteiger partial charge in [0.2, 0.25) is 0 Å². The van der Waals surface area contributed by atoms with Crippen LogP contribution in [-0.2, 0) is 0 Å². The Bertz CT molecular complexity index is 134. The fraction of sp³-hybridized carbons (Fsp3) is 1.00. The predicted molar refractivity (Wildman–Crippen MR) is 46.4 cm³/mol. The van der Waals surface area contributed by atoms with Crippen molar-refractivity contribution >= 4 is 0 Å². The van der Waals surface area contributed by atoms with Gasteiger partial charge in [0.05, 0.1) is 6.54 Å². The Hall–Kier alpha value is -0.290. The van der Waals surface area contributed by atoms with Crippen LogP contribution in [0, 0.1) is 0 Å². The number of rotatable bonds is 5. The lowest BCUT2D eigenvalue weighted by Crippen LogP contribution is -2.41. The molecule has 0 unspecified atom stereocenters. The fourth-order valence-corrected chi connectivity index (χ4v) is 1.21. The van der Waals surface area contributed by atoms with E-state index >= 15 is 0 Å². The molecule has 0 heterocycles. The van der Waals surface area contributed by atoms with E-state index in [9.17, 15) is 13.2 Å². The molecule has 0 rings (SSSR count). The number of nitrogens with zero attached hydrogens (tertiary/aromatic N) is 1. The van der Waals surface area contributed by atoms with Crippen molar-refractivity contribution in [2.45, 2.75) is 32.5 Å². The van der Waals surface area contributed by atoms with Gasteiger partial charge in [-0.3, -0.25) is 4.90 Å². The molecule has 0 aliphatic carbocycles. The number of nitrogens with two attached hydrogens (primary N) is 1. The summed E-state index contributed by atoms with van der Waals surface area (Å²) in [6.45, 7) is 3.44. The first-order valence-electron chi connectivity index (χ1n) is 4.40. The zero-order valence-corrected chi connectivity index (χ0v) is 8.06. The van der Waals surface area contributed by atoms with Crippen molar-refractivity contribution in [2.24, 2.45) is 5.73 Å². The molecule has 13 heavy (non-hydrogen) atoms. The Morgan fingerprint density at radius 3 is 2.23 bits per heavy atom. The monoisotopic (exact) mass is 198 g/mol. The van der Waals surface area contributed by atoms with Crippen LogP contribution in [0.5, 0.6) is 0 Å². The molecule has 2 N–H and O–H groups in total. The summed E-state index contributed by atoms with van der Waals surface area (Å²) < 4.78 is 36.0. The highest BCUT2D eigenvalue weighted by Gasteiger charge is 2.30. The van der Waals surface area contributed by atoms with E-state index in [1.165, 1.54) is 4.90 Å². The van der Waals surface area contributed by atoms with E-state index in [0.717, 1.165) is 0 Å². The highest BCUT2D eigenvalue weighted by Crippen LogP contribution is 2.16. The van der Waals surface area contributed by atoms with Crippen LogP contribution in [0.2, 0.25) is 0 Å². The maximum atomic E-state index is 12.0. The summed E-state index contributed by atoms with van der Waals surface area (Å²) in [7, 11) is 0. The molecule has 0 saturated heterocycles. The standard InChI is InChI=1S/C8H17F3N2/c1-3-4-13(5-7(2)12)6-8(9,10)11/h7H,3-6,12H2,1-2H3/t7-/m0/s1. The Morgan fingerprint density at radius 1 is 1.38 bits per heavy atom. The van der Waals surface area contributed by atoms with Gasteiger partial charge in [0.15, 0.2) is 0 Å². The van der Waals surface area contributed by atoms with Gasteiger partial charge in [-0.1, -0.05) is 6.92 Å². The Labute approximate surface area is 76.9 Å².